The summed E-state index contributed by atoms with van der Waals surface area (Å²) >= 11 is 0. The first kappa shape index (κ1) is 14.9. The van der Waals surface area contributed by atoms with E-state index in [0.29, 0.717) is 5.41 Å². The van der Waals surface area contributed by atoms with E-state index in [2.05, 4.69) is 54.8 Å². The Morgan fingerprint density at radius 3 is 2.43 bits per heavy atom. The molecule has 3 heteroatoms. The maximum absolute atomic E-state index is 9.13. The van der Waals surface area contributed by atoms with Gasteiger partial charge in [0.15, 0.2) is 0 Å². The van der Waals surface area contributed by atoms with Crippen LogP contribution in [-0.2, 0) is 5.41 Å². The van der Waals surface area contributed by atoms with Crippen LogP contribution in [0.1, 0.15) is 39.2 Å². The largest absolute Gasteiger partial charge is 0.395 e. The molecule has 1 saturated heterocycles. The average molecular weight is 288 g/mol. The van der Waals surface area contributed by atoms with Crippen molar-refractivity contribution in [2.24, 2.45) is 0 Å². The molecule has 1 aromatic carbocycles. The van der Waals surface area contributed by atoms with Crippen LogP contribution in [0.2, 0.25) is 0 Å². The van der Waals surface area contributed by atoms with Gasteiger partial charge in [0.1, 0.15) is 0 Å². The number of nitrogens with zero attached hydrogens (tertiary/aromatic N) is 2. The van der Waals surface area contributed by atoms with Crippen LogP contribution >= 0.6 is 0 Å². The van der Waals surface area contributed by atoms with E-state index in [1.165, 1.54) is 18.5 Å². The molecule has 21 heavy (non-hydrogen) atoms. The van der Waals surface area contributed by atoms with Crippen molar-refractivity contribution in [3.8, 4) is 0 Å². The molecule has 116 valence electrons. The van der Waals surface area contributed by atoms with Gasteiger partial charge in [0.05, 0.1) is 6.61 Å². The number of aliphatic hydroxyl groups excluding tert-OH is 1. The number of β-amino-alcohol motifs (C(OH)–C–C–N with tert-alkyl or cyclic N) is 1. The summed E-state index contributed by atoms with van der Waals surface area (Å²) in [6.07, 6.45) is 2.41. The van der Waals surface area contributed by atoms with E-state index in [1.54, 1.807) is 5.56 Å². The van der Waals surface area contributed by atoms with Gasteiger partial charge >= 0.3 is 0 Å². The van der Waals surface area contributed by atoms with Crippen molar-refractivity contribution >= 4 is 5.69 Å². The van der Waals surface area contributed by atoms with Crippen molar-refractivity contribution in [2.75, 3.05) is 37.7 Å². The number of rotatable bonds is 2. The Morgan fingerprint density at radius 1 is 1.14 bits per heavy atom. The van der Waals surface area contributed by atoms with E-state index in [0.717, 1.165) is 26.2 Å². The lowest BCUT2D eigenvalue weighted by Gasteiger charge is -2.41. The number of hydrogen-bond acceptors (Lipinski definition) is 3. The van der Waals surface area contributed by atoms with Crippen LogP contribution in [0.25, 0.3) is 0 Å². The van der Waals surface area contributed by atoms with Crippen LogP contribution in [-0.4, -0.2) is 48.3 Å². The molecule has 1 aromatic rings. The topological polar surface area (TPSA) is 26.7 Å². The zero-order chi connectivity index (χ0) is 15.1. The van der Waals surface area contributed by atoms with E-state index in [4.69, 9.17) is 5.11 Å². The van der Waals surface area contributed by atoms with Gasteiger partial charge in [-0.25, -0.2) is 0 Å². The maximum atomic E-state index is 9.13. The van der Waals surface area contributed by atoms with Gasteiger partial charge in [0, 0.05) is 29.7 Å². The zero-order valence-electron chi connectivity index (χ0n) is 13.6. The van der Waals surface area contributed by atoms with Crippen molar-refractivity contribution in [1.82, 2.24) is 4.90 Å². The molecule has 1 fully saturated rings. The molecule has 1 N–H and O–H groups in total. The zero-order valence-corrected chi connectivity index (χ0v) is 13.6. The van der Waals surface area contributed by atoms with Gasteiger partial charge in [-0.1, -0.05) is 18.2 Å². The number of likely N-dealkylation sites (tertiary alicyclic amines) is 1. The molecule has 2 aliphatic heterocycles. The Hall–Kier alpha value is -1.06. The summed E-state index contributed by atoms with van der Waals surface area (Å²) < 4.78 is 0. The van der Waals surface area contributed by atoms with Gasteiger partial charge in [-0.3, -0.25) is 0 Å². The molecule has 0 saturated carbocycles. The lowest BCUT2D eigenvalue weighted by atomic mass is 9.74. The van der Waals surface area contributed by atoms with E-state index in [-0.39, 0.29) is 12.1 Å². The molecule has 0 aliphatic carbocycles. The molecule has 0 atom stereocenters. The normalized spacial score (nSPS) is 21.8. The van der Waals surface area contributed by atoms with Crippen LogP contribution in [0.3, 0.4) is 0 Å². The molecule has 3 nitrogen and oxygen atoms in total. The molecule has 0 amide bonds. The first-order valence-electron chi connectivity index (χ1n) is 8.17. The molecule has 2 aliphatic rings. The van der Waals surface area contributed by atoms with Crippen molar-refractivity contribution < 1.29 is 5.11 Å². The Balaban J connectivity index is 1.89. The molecule has 0 unspecified atom stereocenters. The minimum atomic E-state index is 0.168. The van der Waals surface area contributed by atoms with Crippen molar-refractivity contribution in [1.29, 1.82) is 0 Å². The summed E-state index contributed by atoms with van der Waals surface area (Å²) in [5.41, 5.74) is 3.46. The van der Waals surface area contributed by atoms with E-state index in [9.17, 15) is 0 Å². The molecule has 0 aromatic heterocycles. The number of aliphatic hydroxyl groups is 1. The highest BCUT2D eigenvalue weighted by atomic mass is 16.3. The second kappa shape index (κ2) is 5.29. The monoisotopic (exact) mass is 288 g/mol. The van der Waals surface area contributed by atoms with Crippen LogP contribution < -0.4 is 4.90 Å². The third-order valence-electron chi connectivity index (χ3n) is 5.27. The molecule has 0 radical (unpaired) electrons. The van der Waals surface area contributed by atoms with Crippen LogP contribution in [0.5, 0.6) is 0 Å². The Morgan fingerprint density at radius 2 is 1.81 bits per heavy atom. The van der Waals surface area contributed by atoms with Gasteiger partial charge in [0.25, 0.3) is 0 Å². The number of hydrogen-bond donors (Lipinski definition) is 1. The minimum Gasteiger partial charge on any atom is -0.395 e. The standard InChI is InChI=1S/C18H28N2O/c1-17(2,3)20-14-18(15-6-4-5-7-16(15)20)8-10-19(11-9-18)12-13-21/h4-7,21H,8-14H2,1-3H3. The highest BCUT2D eigenvalue weighted by Crippen LogP contribution is 2.48. The number of piperidine rings is 1. The second-order valence-corrected chi connectivity index (χ2v) is 7.62. The van der Waals surface area contributed by atoms with Gasteiger partial charge in [0.2, 0.25) is 0 Å². The van der Waals surface area contributed by atoms with Crippen LogP contribution in [0, 0.1) is 0 Å². The average Bonchev–Trinajstić information content (AvgIpc) is 2.77. The lowest BCUT2D eigenvalue weighted by Crippen LogP contribution is -2.49. The maximum Gasteiger partial charge on any atom is 0.0558 e. The summed E-state index contributed by atoms with van der Waals surface area (Å²) in [6, 6.07) is 8.97. The summed E-state index contributed by atoms with van der Waals surface area (Å²) in [4.78, 5) is 4.98. The summed E-state index contributed by atoms with van der Waals surface area (Å²) in [7, 11) is 0. The minimum absolute atomic E-state index is 0.168. The number of para-hydroxylation sites is 1. The fourth-order valence-corrected chi connectivity index (χ4v) is 4.00. The predicted octanol–water partition coefficient (Wildman–Crippen LogP) is 2.63. The van der Waals surface area contributed by atoms with Crippen LogP contribution in [0.15, 0.2) is 24.3 Å². The van der Waals surface area contributed by atoms with Gasteiger partial charge in [-0.2, -0.15) is 0 Å². The Kier molecular flexibility index (Phi) is 3.74. The molecule has 3 rings (SSSR count). The number of benzene rings is 1. The first-order valence-corrected chi connectivity index (χ1v) is 8.17. The highest BCUT2D eigenvalue weighted by molar-refractivity contribution is 5.64. The smallest absolute Gasteiger partial charge is 0.0558 e. The summed E-state index contributed by atoms with van der Waals surface area (Å²) in [5.74, 6) is 0. The third kappa shape index (κ3) is 2.58. The second-order valence-electron chi connectivity index (χ2n) is 7.62. The lowest BCUT2D eigenvalue weighted by molar-refractivity contribution is 0.134. The predicted molar refractivity (Wildman–Crippen MR) is 88.0 cm³/mol. The van der Waals surface area contributed by atoms with Crippen molar-refractivity contribution in [3.05, 3.63) is 29.8 Å². The van der Waals surface area contributed by atoms with Gasteiger partial charge in [-0.05, 0) is 58.3 Å². The molecule has 2 heterocycles. The van der Waals surface area contributed by atoms with E-state index >= 15 is 0 Å². The van der Waals surface area contributed by atoms with Crippen LogP contribution in [0.4, 0.5) is 5.69 Å². The molecular weight excluding hydrogens is 260 g/mol. The van der Waals surface area contributed by atoms with E-state index < -0.39 is 0 Å². The summed E-state index contributed by atoms with van der Waals surface area (Å²) in [5, 5.41) is 9.13. The van der Waals surface area contributed by atoms with E-state index in [1.807, 2.05) is 0 Å². The highest BCUT2D eigenvalue weighted by Gasteiger charge is 2.46. The molecule has 0 bridgehead atoms. The summed E-state index contributed by atoms with van der Waals surface area (Å²) in [6.45, 7) is 11.4. The SMILES string of the molecule is CC(C)(C)N1CC2(CCN(CCO)CC2)c2ccccc21. The Labute approximate surface area is 128 Å². The van der Waals surface area contributed by atoms with Crippen molar-refractivity contribution in [3.63, 3.8) is 0 Å². The quantitative estimate of drug-likeness (QED) is 0.906. The number of fused-ring (bicyclic) bond motifs is 2. The molecular formula is C18H28N2O. The Bertz CT molecular complexity index is 498. The fraction of sp³-hybridized carbons (Fsp3) is 0.667. The molecule has 1 spiro atoms. The third-order valence-corrected chi connectivity index (χ3v) is 5.27. The van der Waals surface area contributed by atoms with Gasteiger partial charge in [-0.15, -0.1) is 0 Å². The number of anilines is 1. The van der Waals surface area contributed by atoms with Gasteiger partial charge < -0.3 is 14.9 Å². The fourth-order valence-electron chi connectivity index (χ4n) is 4.00. The van der Waals surface area contributed by atoms with Crippen molar-refractivity contribution in [2.45, 2.75) is 44.6 Å². The first-order chi connectivity index (χ1) is 9.96.